The minimum atomic E-state index is -3.22. The molecule has 0 aliphatic carbocycles. The number of hydrogen-bond donors (Lipinski definition) is 0. The van der Waals surface area contributed by atoms with Gasteiger partial charge in [-0.25, -0.2) is 8.42 Å². The van der Waals surface area contributed by atoms with Gasteiger partial charge in [0.2, 0.25) is 10.0 Å². The largest absolute Gasteiger partial charge is 0.288 e. The van der Waals surface area contributed by atoms with Crippen molar-refractivity contribution < 1.29 is 8.42 Å². The lowest BCUT2D eigenvalue weighted by molar-refractivity contribution is 0.206. The standard InChI is InChI=1S/C13H18N4O2S/c14-4-7-16-8-10-17(11-9-16)20(18,19)12-3-13-1-5-15-6-2-13/h1-2,5-6H,3,7-12H2. The lowest BCUT2D eigenvalue weighted by atomic mass is 10.2. The molecule has 108 valence electrons. The van der Waals surface area contributed by atoms with Crippen molar-refractivity contribution in [1.29, 1.82) is 5.26 Å². The topological polar surface area (TPSA) is 77.3 Å². The van der Waals surface area contributed by atoms with Crippen LogP contribution in [0.5, 0.6) is 0 Å². The first kappa shape index (κ1) is 14.9. The number of nitrogens with zero attached hydrogens (tertiary/aromatic N) is 4. The smallest absolute Gasteiger partial charge is 0.214 e. The van der Waals surface area contributed by atoms with Crippen LogP contribution in [-0.2, 0) is 16.4 Å². The molecule has 1 aliphatic rings. The van der Waals surface area contributed by atoms with Crippen LogP contribution in [0.1, 0.15) is 5.56 Å². The summed E-state index contributed by atoms with van der Waals surface area (Å²) in [4.78, 5) is 5.88. The van der Waals surface area contributed by atoms with Crippen LogP contribution >= 0.6 is 0 Å². The van der Waals surface area contributed by atoms with Crippen molar-refractivity contribution in [3.05, 3.63) is 30.1 Å². The molecule has 0 radical (unpaired) electrons. The van der Waals surface area contributed by atoms with E-state index in [2.05, 4.69) is 11.1 Å². The van der Waals surface area contributed by atoms with Gasteiger partial charge in [-0.15, -0.1) is 0 Å². The normalized spacial score (nSPS) is 17.8. The lowest BCUT2D eigenvalue weighted by Crippen LogP contribution is -2.49. The first-order chi connectivity index (χ1) is 9.62. The number of hydrogen-bond acceptors (Lipinski definition) is 5. The maximum Gasteiger partial charge on any atom is 0.214 e. The molecule has 0 atom stereocenters. The van der Waals surface area contributed by atoms with Gasteiger partial charge in [0.25, 0.3) is 0 Å². The van der Waals surface area contributed by atoms with Gasteiger partial charge in [-0.1, -0.05) is 0 Å². The molecule has 1 aliphatic heterocycles. The molecule has 0 aromatic carbocycles. The van der Waals surface area contributed by atoms with E-state index in [-0.39, 0.29) is 5.75 Å². The molecule has 0 unspecified atom stereocenters. The predicted molar refractivity (Wildman–Crippen MR) is 75.4 cm³/mol. The van der Waals surface area contributed by atoms with E-state index in [1.807, 2.05) is 17.0 Å². The number of piperazine rings is 1. The highest BCUT2D eigenvalue weighted by atomic mass is 32.2. The van der Waals surface area contributed by atoms with E-state index < -0.39 is 10.0 Å². The molecule has 1 saturated heterocycles. The second-order valence-corrected chi connectivity index (χ2v) is 6.84. The molecule has 2 heterocycles. The van der Waals surface area contributed by atoms with E-state index in [4.69, 9.17) is 5.26 Å². The van der Waals surface area contributed by atoms with E-state index in [0.717, 1.165) is 5.56 Å². The predicted octanol–water partition coefficient (Wildman–Crippen LogP) is 0.0951. The zero-order valence-corrected chi connectivity index (χ0v) is 12.1. The monoisotopic (exact) mass is 294 g/mol. The van der Waals surface area contributed by atoms with Crippen LogP contribution in [-0.4, -0.2) is 61.1 Å². The van der Waals surface area contributed by atoms with Gasteiger partial charge in [0.05, 0.1) is 18.4 Å². The molecule has 0 amide bonds. The Morgan fingerprint density at radius 1 is 1.20 bits per heavy atom. The maximum atomic E-state index is 12.3. The van der Waals surface area contributed by atoms with E-state index in [1.54, 1.807) is 12.4 Å². The van der Waals surface area contributed by atoms with Gasteiger partial charge in [-0.2, -0.15) is 9.57 Å². The second-order valence-electron chi connectivity index (χ2n) is 4.75. The SMILES string of the molecule is N#CCN1CCN(S(=O)(=O)CCc2ccncc2)CC1. The van der Waals surface area contributed by atoms with Gasteiger partial charge in [0, 0.05) is 38.6 Å². The molecule has 6 nitrogen and oxygen atoms in total. The van der Waals surface area contributed by atoms with Crippen LogP contribution < -0.4 is 0 Å². The van der Waals surface area contributed by atoms with Crippen molar-refractivity contribution in [2.24, 2.45) is 0 Å². The molecule has 1 aromatic heterocycles. The summed E-state index contributed by atoms with van der Waals surface area (Å²) in [6.07, 6.45) is 3.84. The van der Waals surface area contributed by atoms with Crippen molar-refractivity contribution in [1.82, 2.24) is 14.2 Å². The van der Waals surface area contributed by atoms with E-state index in [0.29, 0.717) is 39.1 Å². The van der Waals surface area contributed by atoms with Crippen molar-refractivity contribution in [2.75, 3.05) is 38.5 Å². The Morgan fingerprint density at radius 2 is 1.85 bits per heavy atom. The van der Waals surface area contributed by atoms with Crippen LogP contribution in [0, 0.1) is 11.3 Å². The van der Waals surface area contributed by atoms with Crippen LogP contribution in [0.4, 0.5) is 0 Å². The first-order valence-electron chi connectivity index (χ1n) is 6.58. The van der Waals surface area contributed by atoms with Gasteiger partial charge in [0.1, 0.15) is 0 Å². The third-order valence-corrected chi connectivity index (χ3v) is 5.29. The first-order valence-corrected chi connectivity index (χ1v) is 8.19. The Hall–Kier alpha value is -1.49. The molecule has 1 aromatic rings. The van der Waals surface area contributed by atoms with E-state index in [1.165, 1.54) is 4.31 Å². The Balaban J connectivity index is 1.87. The van der Waals surface area contributed by atoms with Crippen LogP contribution in [0.3, 0.4) is 0 Å². The highest BCUT2D eigenvalue weighted by molar-refractivity contribution is 7.89. The summed E-state index contributed by atoms with van der Waals surface area (Å²) in [7, 11) is -3.22. The summed E-state index contributed by atoms with van der Waals surface area (Å²) < 4.78 is 26.0. The van der Waals surface area contributed by atoms with Crippen molar-refractivity contribution in [3.8, 4) is 6.07 Å². The van der Waals surface area contributed by atoms with Crippen molar-refractivity contribution in [3.63, 3.8) is 0 Å². The Morgan fingerprint density at radius 3 is 2.45 bits per heavy atom. The van der Waals surface area contributed by atoms with Crippen LogP contribution in [0.25, 0.3) is 0 Å². The number of aryl methyl sites for hydroxylation is 1. The molecule has 0 saturated carbocycles. The highest BCUT2D eigenvalue weighted by Crippen LogP contribution is 2.10. The maximum absolute atomic E-state index is 12.3. The molecular weight excluding hydrogens is 276 g/mol. The van der Waals surface area contributed by atoms with Crippen molar-refractivity contribution in [2.45, 2.75) is 6.42 Å². The summed E-state index contributed by atoms with van der Waals surface area (Å²) >= 11 is 0. The minimum Gasteiger partial charge on any atom is -0.288 e. The van der Waals surface area contributed by atoms with Crippen molar-refractivity contribution >= 4 is 10.0 Å². The van der Waals surface area contributed by atoms with E-state index >= 15 is 0 Å². The van der Waals surface area contributed by atoms with E-state index in [9.17, 15) is 8.42 Å². The second kappa shape index (κ2) is 6.79. The summed E-state index contributed by atoms with van der Waals surface area (Å²) in [6.45, 7) is 2.57. The molecule has 2 rings (SSSR count). The molecule has 7 heteroatoms. The average molecular weight is 294 g/mol. The quantitative estimate of drug-likeness (QED) is 0.720. The van der Waals surface area contributed by atoms with Gasteiger partial charge in [-0.05, 0) is 24.1 Å². The molecule has 20 heavy (non-hydrogen) atoms. The fraction of sp³-hybridized carbons (Fsp3) is 0.538. The molecule has 1 fully saturated rings. The number of aromatic nitrogens is 1. The molecule has 0 N–H and O–H groups in total. The molecular formula is C13H18N4O2S. The van der Waals surface area contributed by atoms with Gasteiger partial charge >= 0.3 is 0 Å². The van der Waals surface area contributed by atoms with Gasteiger partial charge < -0.3 is 0 Å². The third kappa shape index (κ3) is 4.00. The number of sulfonamides is 1. The average Bonchev–Trinajstić information content (AvgIpc) is 2.47. The zero-order valence-electron chi connectivity index (χ0n) is 11.3. The third-order valence-electron chi connectivity index (χ3n) is 3.42. The molecule has 0 spiro atoms. The highest BCUT2D eigenvalue weighted by Gasteiger charge is 2.26. The summed E-state index contributed by atoms with van der Waals surface area (Å²) in [5, 5.41) is 8.63. The molecule has 0 bridgehead atoms. The number of rotatable bonds is 5. The Bertz CT molecular complexity index is 560. The van der Waals surface area contributed by atoms with Crippen LogP contribution in [0.15, 0.2) is 24.5 Å². The summed E-state index contributed by atoms with van der Waals surface area (Å²) in [5.74, 6) is 0.120. The van der Waals surface area contributed by atoms with Crippen LogP contribution in [0.2, 0.25) is 0 Å². The van der Waals surface area contributed by atoms with Gasteiger partial charge in [0.15, 0.2) is 0 Å². The fourth-order valence-electron chi connectivity index (χ4n) is 2.19. The fourth-order valence-corrected chi connectivity index (χ4v) is 3.66. The van der Waals surface area contributed by atoms with Gasteiger partial charge in [-0.3, -0.25) is 9.88 Å². The summed E-state index contributed by atoms with van der Waals surface area (Å²) in [5.41, 5.74) is 0.978. The Kier molecular flexibility index (Phi) is 5.06. The lowest BCUT2D eigenvalue weighted by Gasteiger charge is -2.32. The minimum absolute atomic E-state index is 0.120. The Labute approximate surface area is 119 Å². The summed E-state index contributed by atoms with van der Waals surface area (Å²) in [6, 6.07) is 5.76. The number of nitriles is 1. The number of pyridine rings is 1. The zero-order chi connectivity index (χ0) is 14.4.